The number of alkyl halides is 17. The van der Waals surface area contributed by atoms with Crippen molar-refractivity contribution in [1.29, 1.82) is 0 Å². The monoisotopic (exact) mass is 562 g/mol. The second-order valence-corrected chi connectivity index (χ2v) is 6.93. The van der Waals surface area contributed by atoms with Crippen LogP contribution in [0, 0.1) is 0 Å². The minimum atomic E-state index is -8.76. The fourth-order valence-corrected chi connectivity index (χ4v) is 2.09. The molecule has 0 spiro atoms. The number of rotatable bonds is 11. The molecule has 0 aromatic rings. The summed E-state index contributed by atoms with van der Waals surface area (Å²) in [5.41, 5.74) is -2.02. The number of hydrogen-bond acceptors (Lipinski definition) is 2. The smallest absolute Gasteiger partial charge is 0.460 e. The van der Waals surface area contributed by atoms with E-state index >= 15 is 0 Å². The van der Waals surface area contributed by atoms with Gasteiger partial charge in [0.2, 0.25) is 0 Å². The molecule has 0 aliphatic heterocycles. The average Bonchev–Trinajstić information content (AvgIpc) is 2.62. The zero-order valence-electron chi connectivity index (χ0n) is 16.3. The Labute approximate surface area is 182 Å². The summed E-state index contributed by atoms with van der Waals surface area (Å²) in [4.78, 5) is 10.8. The second kappa shape index (κ2) is 9.13. The van der Waals surface area contributed by atoms with Gasteiger partial charge in [0.25, 0.3) is 0 Å². The van der Waals surface area contributed by atoms with E-state index in [0.717, 1.165) is 6.92 Å². The zero-order chi connectivity index (χ0) is 28.9. The van der Waals surface area contributed by atoms with E-state index in [1.165, 1.54) is 0 Å². The Bertz CT molecular complexity index is 810. The Hall–Kier alpha value is -2.02. The van der Waals surface area contributed by atoms with E-state index < -0.39 is 84.2 Å². The van der Waals surface area contributed by atoms with Gasteiger partial charge in [-0.3, -0.25) is 0 Å². The molecule has 0 heterocycles. The number of carboxylic acids is 1. The lowest BCUT2D eigenvalue weighted by Gasteiger charge is -2.42. The van der Waals surface area contributed by atoms with E-state index in [4.69, 9.17) is 10.2 Å². The van der Waals surface area contributed by atoms with E-state index in [0.29, 0.717) is 0 Å². The first-order valence-electron chi connectivity index (χ1n) is 8.32. The van der Waals surface area contributed by atoms with Crippen molar-refractivity contribution >= 4 is 5.97 Å². The van der Waals surface area contributed by atoms with Crippen LogP contribution >= 0.6 is 0 Å². The van der Waals surface area contributed by atoms with Crippen molar-refractivity contribution in [2.45, 2.75) is 73.5 Å². The molecule has 0 saturated carbocycles. The molecule has 0 radical (unpaired) electrons. The molecule has 1 atom stereocenters. The van der Waals surface area contributed by atoms with Gasteiger partial charge in [0.15, 0.2) is 0 Å². The Balaban J connectivity index is 6.84. The van der Waals surface area contributed by atoms with Crippen LogP contribution in [0.15, 0.2) is 11.6 Å². The fourth-order valence-electron chi connectivity index (χ4n) is 2.09. The molecule has 0 bridgehead atoms. The number of carbonyl (C=O) groups is 1. The maximum atomic E-state index is 13.7. The van der Waals surface area contributed by atoms with E-state index in [1.54, 1.807) is 0 Å². The molecule has 20 heteroatoms. The van der Waals surface area contributed by atoms with Crippen LogP contribution < -0.4 is 0 Å². The fraction of sp³-hybridized carbons (Fsp3) is 0.800. The Kier molecular flexibility index (Phi) is 8.60. The molecule has 2 N–H and O–H groups in total. The van der Waals surface area contributed by atoms with Gasteiger partial charge in [-0.2, -0.15) is 74.6 Å². The summed E-state index contributed by atoms with van der Waals surface area (Å²) in [7, 11) is 0. The van der Waals surface area contributed by atoms with Crippen LogP contribution in [0.5, 0.6) is 0 Å². The summed E-state index contributed by atoms with van der Waals surface area (Å²) in [6.07, 6.45) is -13.3. The van der Waals surface area contributed by atoms with Crippen LogP contribution in [0.4, 0.5) is 74.6 Å². The van der Waals surface area contributed by atoms with Crippen LogP contribution in [0.2, 0.25) is 0 Å². The summed E-state index contributed by atoms with van der Waals surface area (Å²) in [5, 5.41) is 17.5. The van der Waals surface area contributed by atoms with Crippen molar-refractivity contribution in [2.75, 3.05) is 0 Å². The summed E-state index contributed by atoms with van der Waals surface area (Å²) in [5.74, 6) is -60.4. The standard InChI is InChI=1S/C15H11F17O3/c1-5(33)2-3-6(7(34)35)4-8(16,17)9(18,19)10(20,21)11(22,23)12(24,25)13(26,27)14(28,29)15(30,31)32/h4-5,33H,2-3H2,1H3,(H,34,35). The molecule has 0 aliphatic rings. The van der Waals surface area contributed by atoms with Gasteiger partial charge in [0.05, 0.1) is 6.10 Å². The Morgan fingerprint density at radius 2 is 0.971 bits per heavy atom. The van der Waals surface area contributed by atoms with Crippen LogP contribution in [-0.4, -0.2) is 69.9 Å². The van der Waals surface area contributed by atoms with E-state index in [-0.39, 0.29) is 0 Å². The largest absolute Gasteiger partial charge is 0.478 e. The minimum Gasteiger partial charge on any atom is -0.478 e. The van der Waals surface area contributed by atoms with Crippen molar-refractivity contribution in [3.05, 3.63) is 11.6 Å². The molecule has 35 heavy (non-hydrogen) atoms. The lowest BCUT2D eigenvalue weighted by molar-refractivity contribution is -0.459. The van der Waals surface area contributed by atoms with Crippen LogP contribution in [0.25, 0.3) is 0 Å². The predicted octanol–water partition coefficient (Wildman–Crippen LogP) is 6.17. The molecule has 3 nitrogen and oxygen atoms in total. The molecule has 0 rings (SSSR count). The predicted molar refractivity (Wildman–Crippen MR) is 77.3 cm³/mol. The highest BCUT2D eigenvalue weighted by Crippen LogP contribution is 2.64. The summed E-state index contributed by atoms with van der Waals surface area (Å²) >= 11 is 0. The van der Waals surface area contributed by atoms with E-state index in [2.05, 4.69) is 0 Å². The SMILES string of the molecule is CC(O)CCC(=CC(F)(F)C(F)(F)C(F)(F)C(F)(F)C(F)(F)C(F)(F)C(F)(F)C(F)(F)F)C(=O)O. The zero-order valence-corrected chi connectivity index (χ0v) is 16.3. The van der Waals surface area contributed by atoms with Gasteiger partial charge >= 0.3 is 53.6 Å². The number of halogens is 17. The first kappa shape index (κ1) is 33.0. The molecule has 0 aromatic carbocycles. The molecule has 0 fully saturated rings. The maximum absolute atomic E-state index is 13.7. The normalized spacial score (nSPS) is 16.9. The summed E-state index contributed by atoms with van der Waals surface area (Å²) < 4.78 is 223. The van der Waals surface area contributed by atoms with Gasteiger partial charge in [-0.05, 0) is 19.8 Å². The lowest BCUT2D eigenvalue weighted by atomic mass is 9.88. The lowest BCUT2D eigenvalue weighted by Crippen LogP contribution is -2.74. The van der Waals surface area contributed by atoms with Gasteiger partial charge in [-0.1, -0.05) is 0 Å². The summed E-state index contributed by atoms with van der Waals surface area (Å²) in [6.45, 7) is 0.861. The van der Waals surface area contributed by atoms with Crippen molar-refractivity contribution < 1.29 is 89.6 Å². The molecular weight excluding hydrogens is 551 g/mol. The third kappa shape index (κ3) is 5.11. The molecule has 1 unspecified atom stereocenters. The first-order valence-corrected chi connectivity index (χ1v) is 8.32. The van der Waals surface area contributed by atoms with E-state index in [9.17, 15) is 79.4 Å². The van der Waals surface area contributed by atoms with Crippen LogP contribution in [0.1, 0.15) is 19.8 Å². The Morgan fingerprint density at radius 3 is 1.26 bits per heavy atom. The molecule has 208 valence electrons. The van der Waals surface area contributed by atoms with Gasteiger partial charge in [-0.15, -0.1) is 0 Å². The van der Waals surface area contributed by atoms with Gasteiger partial charge in [0, 0.05) is 11.6 Å². The minimum absolute atomic E-state index is 0.861. The topological polar surface area (TPSA) is 57.5 Å². The van der Waals surface area contributed by atoms with Crippen molar-refractivity contribution in [1.82, 2.24) is 0 Å². The third-order valence-electron chi connectivity index (χ3n) is 4.21. The molecule has 0 aliphatic carbocycles. The highest BCUT2D eigenvalue weighted by atomic mass is 19.4. The molecular formula is C15H11F17O3. The molecule has 0 aromatic heterocycles. The highest BCUT2D eigenvalue weighted by Gasteiger charge is 2.95. The number of carboxylic acid groups (broad SMARTS) is 1. The number of allylic oxidation sites excluding steroid dienone is 1. The second-order valence-electron chi connectivity index (χ2n) is 6.93. The summed E-state index contributed by atoms with van der Waals surface area (Å²) in [6, 6.07) is 0. The maximum Gasteiger partial charge on any atom is 0.460 e. The first-order chi connectivity index (χ1) is 15.0. The van der Waals surface area contributed by atoms with Crippen molar-refractivity contribution in [2.24, 2.45) is 0 Å². The third-order valence-corrected chi connectivity index (χ3v) is 4.21. The molecule has 0 amide bonds. The van der Waals surface area contributed by atoms with Gasteiger partial charge in [-0.25, -0.2) is 4.79 Å². The Morgan fingerprint density at radius 1 is 0.657 bits per heavy atom. The average molecular weight is 562 g/mol. The number of aliphatic hydroxyl groups is 1. The van der Waals surface area contributed by atoms with Crippen LogP contribution in [0.3, 0.4) is 0 Å². The number of aliphatic carboxylic acids is 1. The highest BCUT2D eigenvalue weighted by molar-refractivity contribution is 5.86. The number of aliphatic hydroxyl groups excluding tert-OH is 1. The van der Waals surface area contributed by atoms with E-state index in [1.807, 2.05) is 0 Å². The quantitative estimate of drug-likeness (QED) is 0.234. The number of hydrogen-bond donors (Lipinski definition) is 2. The van der Waals surface area contributed by atoms with Crippen molar-refractivity contribution in [3.63, 3.8) is 0 Å². The van der Waals surface area contributed by atoms with Crippen LogP contribution in [-0.2, 0) is 4.79 Å². The van der Waals surface area contributed by atoms with Crippen molar-refractivity contribution in [3.8, 4) is 0 Å². The molecule has 0 saturated heterocycles. The van der Waals surface area contributed by atoms with Gasteiger partial charge < -0.3 is 10.2 Å². The van der Waals surface area contributed by atoms with Gasteiger partial charge in [0.1, 0.15) is 0 Å².